The lowest BCUT2D eigenvalue weighted by Gasteiger charge is -2.15. The third-order valence-corrected chi connectivity index (χ3v) is 2.21. The van der Waals surface area contributed by atoms with E-state index in [9.17, 15) is 0 Å². The minimum Gasteiger partial charge on any atom is -0.381 e. The Bertz CT molecular complexity index is 294. The average Bonchev–Trinajstić information content (AvgIpc) is 2.18. The number of rotatable bonds is 5. The molecule has 0 fully saturated rings. The summed E-state index contributed by atoms with van der Waals surface area (Å²) in [5, 5.41) is 3.43. The van der Waals surface area contributed by atoms with Crippen LogP contribution in [-0.4, -0.2) is 11.0 Å². The largest absolute Gasteiger partial charge is 0.381 e. The maximum atomic E-state index is 4.23. The van der Waals surface area contributed by atoms with Crippen molar-refractivity contribution in [3.63, 3.8) is 0 Å². The standard InChI is InChI=1S/C12H18N2/c1-4-5-7-10(2)14-12-8-6-9-13-11(12)3/h4,6,8-10,14H,1,5,7H2,2-3H3/t10-/m1/s1. The van der Waals surface area contributed by atoms with Gasteiger partial charge < -0.3 is 5.32 Å². The van der Waals surface area contributed by atoms with Crippen LogP contribution in [0, 0.1) is 6.92 Å². The number of allylic oxidation sites excluding steroid dienone is 1. The molecular formula is C12H18N2. The first-order valence-electron chi connectivity index (χ1n) is 5.03. The highest BCUT2D eigenvalue weighted by Crippen LogP contribution is 2.13. The Morgan fingerprint density at radius 3 is 3.07 bits per heavy atom. The van der Waals surface area contributed by atoms with Gasteiger partial charge in [0.15, 0.2) is 0 Å². The normalized spacial score (nSPS) is 12.1. The lowest BCUT2D eigenvalue weighted by Crippen LogP contribution is -2.15. The van der Waals surface area contributed by atoms with Crippen LogP contribution in [-0.2, 0) is 0 Å². The van der Waals surface area contributed by atoms with E-state index < -0.39 is 0 Å². The van der Waals surface area contributed by atoms with E-state index in [2.05, 4.69) is 29.9 Å². The Morgan fingerprint density at radius 2 is 2.43 bits per heavy atom. The van der Waals surface area contributed by atoms with E-state index in [1.54, 1.807) is 0 Å². The van der Waals surface area contributed by atoms with Gasteiger partial charge in [0.05, 0.1) is 11.4 Å². The van der Waals surface area contributed by atoms with E-state index in [0.717, 1.165) is 24.2 Å². The van der Waals surface area contributed by atoms with Crippen molar-refractivity contribution in [2.24, 2.45) is 0 Å². The highest BCUT2D eigenvalue weighted by Gasteiger charge is 2.02. The van der Waals surface area contributed by atoms with Crippen molar-refractivity contribution in [1.29, 1.82) is 0 Å². The molecule has 0 bridgehead atoms. The number of nitrogens with zero attached hydrogens (tertiary/aromatic N) is 1. The van der Waals surface area contributed by atoms with Crippen molar-refractivity contribution in [3.8, 4) is 0 Å². The summed E-state index contributed by atoms with van der Waals surface area (Å²) in [6.45, 7) is 7.91. The molecule has 0 radical (unpaired) electrons. The summed E-state index contributed by atoms with van der Waals surface area (Å²) in [6.07, 6.45) is 5.93. The number of aryl methyl sites for hydroxylation is 1. The van der Waals surface area contributed by atoms with Gasteiger partial charge in [0.25, 0.3) is 0 Å². The molecule has 2 nitrogen and oxygen atoms in total. The van der Waals surface area contributed by atoms with Gasteiger partial charge in [0.2, 0.25) is 0 Å². The van der Waals surface area contributed by atoms with Gasteiger partial charge in [-0.1, -0.05) is 6.08 Å². The number of aromatic nitrogens is 1. The Balaban J connectivity index is 2.51. The topological polar surface area (TPSA) is 24.9 Å². The zero-order valence-corrected chi connectivity index (χ0v) is 8.96. The smallest absolute Gasteiger partial charge is 0.0603 e. The molecule has 1 atom stereocenters. The van der Waals surface area contributed by atoms with E-state index in [4.69, 9.17) is 0 Å². The van der Waals surface area contributed by atoms with Crippen LogP contribution in [0.5, 0.6) is 0 Å². The van der Waals surface area contributed by atoms with Gasteiger partial charge in [-0.05, 0) is 38.8 Å². The Kier molecular flexibility index (Phi) is 4.17. The minimum absolute atomic E-state index is 0.468. The van der Waals surface area contributed by atoms with E-state index in [1.807, 2.05) is 25.3 Å². The van der Waals surface area contributed by atoms with E-state index >= 15 is 0 Å². The number of anilines is 1. The van der Waals surface area contributed by atoms with Crippen LogP contribution < -0.4 is 5.32 Å². The summed E-state index contributed by atoms with van der Waals surface area (Å²) in [7, 11) is 0. The van der Waals surface area contributed by atoms with Gasteiger partial charge in [0, 0.05) is 12.2 Å². The second-order valence-electron chi connectivity index (χ2n) is 3.55. The number of hydrogen-bond donors (Lipinski definition) is 1. The van der Waals surface area contributed by atoms with Crippen LogP contribution in [0.3, 0.4) is 0 Å². The molecule has 1 heterocycles. The predicted octanol–water partition coefficient (Wildman–Crippen LogP) is 3.16. The minimum atomic E-state index is 0.468. The highest BCUT2D eigenvalue weighted by atomic mass is 14.9. The number of pyridine rings is 1. The monoisotopic (exact) mass is 190 g/mol. The van der Waals surface area contributed by atoms with Gasteiger partial charge in [-0.25, -0.2) is 0 Å². The Labute approximate surface area is 86.1 Å². The molecule has 1 aromatic rings. The molecule has 2 heteroatoms. The molecule has 0 amide bonds. The second-order valence-corrected chi connectivity index (χ2v) is 3.55. The molecule has 0 aromatic carbocycles. The molecule has 0 aliphatic rings. The quantitative estimate of drug-likeness (QED) is 0.721. The van der Waals surface area contributed by atoms with Crippen molar-refractivity contribution in [1.82, 2.24) is 4.98 Å². The summed E-state index contributed by atoms with van der Waals surface area (Å²) in [5.41, 5.74) is 2.18. The van der Waals surface area contributed by atoms with Crippen molar-refractivity contribution >= 4 is 5.69 Å². The molecule has 1 rings (SSSR count). The molecule has 76 valence electrons. The van der Waals surface area contributed by atoms with Crippen LogP contribution >= 0.6 is 0 Å². The van der Waals surface area contributed by atoms with E-state index in [1.165, 1.54) is 0 Å². The van der Waals surface area contributed by atoms with Crippen LogP contribution in [0.4, 0.5) is 5.69 Å². The zero-order valence-electron chi connectivity index (χ0n) is 8.96. The van der Waals surface area contributed by atoms with Crippen LogP contribution in [0.15, 0.2) is 31.0 Å². The predicted molar refractivity (Wildman–Crippen MR) is 61.5 cm³/mol. The fraction of sp³-hybridized carbons (Fsp3) is 0.417. The van der Waals surface area contributed by atoms with Crippen LogP contribution in [0.1, 0.15) is 25.5 Å². The number of hydrogen-bond acceptors (Lipinski definition) is 2. The van der Waals surface area contributed by atoms with Crippen molar-refractivity contribution in [3.05, 3.63) is 36.7 Å². The van der Waals surface area contributed by atoms with E-state index in [-0.39, 0.29) is 0 Å². The van der Waals surface area contributed by atoms with Gasteiger partial charge in [-0.3, -0.25) is 4.98 Å². The molecule has 14 heavy (non-hydrogen) atoms. The van der Waals surface area contributed by atoms with Gasteiger partial charge in [-0.15, -0.1) is 6.58 Å². The van der Waals surface area contributed by atoms with E-state index in [0.29, 0.717) is 6.04 Å². The van der Waals surface area contributed by atoms with Gasteiger partial charge >= 0.3 is 0 Å². The molecule has 0 aliphatic carbocycles. The summed E-state index contributed by atoms with van der Waals surface area (Å²) < 4.78 is 0. The van der Waals surface area contributed by atoms with Crippen molar-refractivity contribution < 1.29 is 0 Å². The third kappa shape index (κ3) is 3.21. The highest BCUT2D eigenvalue weighted by molar-refractivity contribution is 5.47. The molecule has 1 N–H and O–H groups in total. The van der Waals surface area contributed by atoms with Gasteiger partial charge in [0.1, 0.15) is 0 Å². The Hall–Kier alpha value is -1.31. The number of nitrogens with one attached hydrogen (secondary N) is 1. The summed E-state index contributed by atoms with van der Waals surface area (Å²) in [6, 6.07) is 4.48. The zero-order chi connectivity index (χ0) is 10.4. The molecule has 1 aromatic heterocycles. The van der Waals surface area contributed by atoms with Crippen LogP contribution in [0.2, 0.25) is 0 Å². The summed E-state index contributed by atoms with van der Waals surface area (Å²) in [4.78, 5) is 4.23. The molecule has 0 spiro atoms. The van der Waals surface area contributed by atoms with Crippen molar-refractivity contribution in [2.75, 3.05) is 5.32 Å². The molecule has 0 aliphatic heterocycles. The molecule has 0 saturated carbocycles. The third-order valence-electron chi connectivity index (χ3n) is 2.21. The summed E-state index contributed by atoms with van der Waals surface area (Å²) in [5.74, 6) is 0. The second kappa shape index (κ2) is 5.43. The van der Waals surface area contributed by atoms with Crippen molar-refractivity contribution in [2.45, 2.75) is 32.7 Å². The fourth-order valence-electron chi connectivity index (χ4n) is 1.34. The first kappa shape index (κ1) is 10.8. The Morgan fingerprint density at radius 1 is 1.64 bits per heavy atom. The first-order valence-corrected chi connectivity index (χ1v) is 5.03. The fourth-order valence-corrected chi connectivity index (χ4v) is 1.34. The molecule has 0 saturated heterocycles. The summed E-state index contributed by atoms with van der Waals surface area (Å²) >= 11 is 0. The van der Waals surface area contributed by atoms with Crippen LogP contribution in [0.25, 0.3) is 0 Å². The maximum Gasteiger partial charge on any atom is 0.0603 e. The average molecular weight is 190 g/mol. The lowest BCUT2D eigenvalue weighted by molar-refractivity contribution is 0.717. The van der Waals surface area contributed by atoms with Gasteiger partial charge in [-0.2, -0.15) is 0 Å². The maximum absolute atomic E-state index is 4.23. The first-order chi connectivity index (χ1) is 6.74. The lowest BCUT2D eigenvalue weighted by atomic mass is 10.1. The molecule has 0 unspecified atom stereocenters. The SMILES string of the molecule is C=CCC[C@@H](C)Nc1cccnc1C. The molecular weight excluding hydrogens is 172 g/mol.